The van der Waals surface area contributed by atoms with Gasteiger partial charge >= 0.3 is 0 Å². The molecule has 3 N–H and O–H groups in total. The van der Waals surface area contributed by atoms with Crippen LogP contribution in [0.2, 0.25) is 0 Å². The number of ether oxygens (including phenoxy) is 1. The zero-order chi connectivity index (χ0) is 21.8. The Bertz CT molecular complexity index is 1090. The average molecular weight is 420 g/mol. The van der Waals surface area contributed by atoms with E-state index < -0.39 is 5.91 Å². The summed E-state index contributed by atoms with van der Waals surface area (Å²) in [4.78, 5) is 17.2. The molecule has 1 atom stereocenters. The van der Waals surface area contributed by atoms with Gasteiger partial charge in [-0.25, -0.2) is 5.48 Å². The highest BCUT2D eigenvalue weighted by Crippen LogP contribution is 2.33. The van der Waals surface area contributed by atoms with Crippen LogP contribution < -0.4 is 10.2 Å². The predicted octanol–water partition coefficient (Wildman–Crippen LogP) is 4.38. The number of H-pyrrole nitrogens is 1. The number of carbonyl (C=O) groups is 1. The number of benzene rings is 2. The normalized spacial score (nSPS) is 16.9. The highest BCUT2D eigenvalue weighted by atomic mass is 16.5. The van der Waals surface area contributed by atoms with Gasteiger partial charge in [0.25, 0.3) is 5.91 Å². The third-order valence-electron chi connectivity index (χ3n) is 6.20. The van der Waals surface area contributed by atoms with E-state index in [2.05, 4.69) is 41.1 Å². The van der Waals surface area contributed by atoms with Gasteiger partial charge < -0.3 is 9.72 Å². The van der Waals surface area contributed by atoms with Gasteiger partial charge in [0.2, 0.25) is 0 Å². The summed E-state index contributed by atoms with van der Waals surface area (Å²) in [5.41, 5.74) is 7.58. The Balaban J connectivity index is 1.46. The van der Waals surface area contributed by atoms with Gasteiger partial charge in [0.05, 0.1) is 7.11 Å². The molecule has 0 bridgehead atoms. The summed E-state index contributed by atoms with van der Waals surface area (Å²) in [6, 6.07) is 14.9. The van der Waals surface area contributed by atoms with Crippen molar-refractivity contribution in [2.45, 2.75) is 32.2 Å². The second-order valence-corrected chi connectivity index (χ2v) is 8.06. The predicted molar refractivity (Wildman–Crippen MR) is 122 cm³/mol. The molecule has 2 heterocycles. The molecule has 162 valence electrons. The Morgan fingerprint density at radius 3 is 2.84 bits per heavy atom. The number of rotatable bonds is 7. The minimum Gasteiger partial charge on any atom is -0.497 e. The van der Waals surface area contributed by atoms with Crippen molar-refractivity contribution in [1.82, 2.24) is 15.4 Å². The van der Waals surface area contributed by atoms with E-state index in [-0.39, 0.29) is 0 Å². The van der Waals surface area contributed by atoms with Crippen LogP contribution in [0.15, 0.2) is 48.5 Å². The maximum absolute atomic E-state index is 11.2. The molecule has 0 saturated carbocycles. The molecule has 1 aliphatic rings. The first-order valence-corrected chi connectivity index (χ1v) is 10.7. The number of fused-ring (bicyclic) bond motifs is 1. The molecule has 4 rings (SSSR count). The molecule has 0 spiro atoms. The molecule has 1 fully saturated rings. The van der Waals surface area contributed by atoms with Crippen molar-refractivity contribution in [2.24, 2.45) is 0 Å². The molecule has 2 aromatic carbocycles. The standard InChI is InChI=1S/C25H29N3O3/c1-17-21(22-16-20(31-2)10-11-23(22)26-17)13-15-28-14-3-4-24(28)19-8-5-18(6-9-19)7-12-25(29)27-30/h5-12,16,24,26,30H,3-4,13-15H2,1-2H3,(H,27,29). The number of aromatic nitrogens is 1. The Hall–Kier alpha value is -3.09. The minimum absolute atomic E-state index is 0.416. The molecule has 1 unspecified atom stereocenters. The summed E-state index contributed by atoms with van der Waals surface area (Å²) in [7, 11) is 1.71. The van der Waals surface area contributed by atoms with E-state index in [9.17, 15) is 4.79 Å². The molecule has 1 aliphatic heterocycles. The molecule has 1 saturated heterocycles. The fourth-order valence-electron chi connectivity index (χ4n) is 4.58. The first-order valence-electron chi connectivity index (χ1n) is 10.7. The van der Waals surface area contributed by atoms with Crippen LogP contribution in [0.5, 0.6) is 5.75 Å². The largest absolute Gasteiger partial charge is 0.497 e. The maximum Gasteiger partial charge on any atom is 0.267 e. The second kappa shape index (κ2) is 9.37. The van der Waals surface area contributed by atoms with Gasteiger partial charge in [-0.1, -0.05) is 24.3 Å². The lowest BCUT2D eigenvalue weighted by atomic mass is 10.0. The second-order valence-electron chi connectivity index (χ2n) is 8.06. The van der Waals surface area contributed by atoms with Crippen LogP contribution >= 0.6 is 0 Å². The summed E-state index contributed by atoms with van der Waals surface area (Å²) in [6.07, 6.45) is 6.35. The van der Waals surface area contributed by atoms with Crippen molar-refractivity contribution in [1.29, 1.82) is 0 Å². The lowest BCUT2D eigenvalue weighted by molar-refractivity contribution is -0.124. The summed E-state index contributed by atoms with van der Waals surface area (Å²) in [5.74, 6) is 0.355. The topological polar surface area (TPSA) is 77.6 Å². The summed E-state index contributed by atoms with van der Waals surface area (Å²) in [6.45, 7) is 4.26. The van der Waals surface area contributed by atoms with Crippen molar-refractivity contribution < 1.29 is 14.7 Å². The molecule has 6 nitrogen and oxygen atoms in total. The average Bonchev–Trinajstić information content (AvgIpc) is 3.39. The van der Waals surface area contributed by atoms with Crippen LogP contribution in [0.4, 0.5) is 0 Å². The fourth-order valence-corrected chi connectivity index (χ4v) is 4.58. The van der Waals surface area contributed by atoms with Crippen molar-refractivity contribution >= 4 is 22.9 Å². The quantitative estimate of drug-likeness (QED) is 0.302. The van der Waals surface area contributed by atoms with Crippen LogP contribution in [-0.4, -0.2) is 41.2 Å². The van der Waals surface area contributed by atoms with Crippen LogP contribution in [0.3, 0.4) is 0 Å². The molecule has 1 aromatic heterocycles. The van der Waals surface area contributed by atoms with E-state index in [1.54, 1.807) is 18.7 Å². The summed E-state index contributed by atoms with van der Waals surface area (Å²) < 4.78 is 5.42. The summed E-state index contributed by atoms with van der Waals surface area (Å²) in [5, 5.41) is 9.83. The summed E-state index contributed by atoms with van der Waals surface area (Å²) >= 11 is 0. The Morgan fingerprint density at radius 1 is 1.29 bits per heavy atom. The minimum atomic E-state index is -0.531. The third kappa shape index (κ3) is 4.65. The number of nitrogens with zero attached hydrogens (tertiary/aromatic N) is 1. The van der Waals surface area contributed by atoms with E-state index in [4.69, 9.17) is 9.94 Å². The Kier molecular flexibility index (Phi) is 6.39. The van der Waals surface area contributed by atoms with E-state index in [0.717, 1.165) is 42.8 Å². The number of aryl methyl sites for hydroxylation is 1. The molecule has 0 radical (unpaired) electrons. The number of nitrogens with one attached hydrogen (secondary N) is 2. The van der Waals surface area contributed by atoms with E-state index in [1.807, 2.05) is 18.2 Å². The van der Waals surface area contributed by atoms with Crippen molar-refractivity contribution in [3.8, 4) is 5.75 Å². The number of carbonyl (C=O) groups excluding carboxylic acids is 1. The number of hydrogen-bond donors (Lipinski definition) is 3. The van der Waals surface area contributed by atoms with Crippen LogP contribution in [0.1, 0.15) is 41.3 Å². The number of likely N-dealkylation sites (tertiary alicyclic amines) is 1. The third-order valence-corrected chi connectivity index (χ3v) is 6.20. The van der Waals surface area contributed by atoms with Gasteiger partial charge in [0, 0.05) is 35.3 Å². The van der Waals surface area contributed by atoms with Crippen molar-refractivity contribution in [2.75, 3.05) is 20.2 Å². The van der Waals surface area contributed by atoms with E-state index >= 15 is 0 Å². The van der Waals surface area contributed by atoms with Crippen molar-refractivity contribution in [3.63, 3.8) is 0 Å². The molecule has 6 heteroatoms. The first kappa shape index (κ1) is 21.2. The SMILES string of the molecule is COc1ccc2[nH]c(C)c(CCN3CCCC3c3ccc(C=CC(=O)NO)cc3)c2c1. The molecular formula is C25H29N3O3. The first-order chi connectivity index (χ1) is 15.1. The smallest absolute Gasteiger partial charge is 0.267 e. The number of amides is 1. The van der Waals surface area contributed by atoms with Crippen LogP contribution in [-0.2, 0) is 11.2 Å². The van der Waals surface area contributed by atoms with Crippen molar-refractivity contribution in [3.05, 3.63) is 70.9 Å². The van der Waals surface area contributed by atoms with Crippen LogP contribution in [0.25, 0.3) is 17.0 Å². The zero-order valence-electron chi connectivity index (χ0n) is 18.0. The molecular weight excluding hydrogens is 390 g/mol. The Morgan fingerprint density at radius 2 is 2.10 bits per heavy atom. The number of hydroxylamine groups is 1. The van der Waals surface area contributed by atoms with E-state index in [0.29, 0.717) is 6.04 Å². The zero-order valence-corrected chi connectivity index (χ0v) is 18.0. The maximum atomic E-state index is 11.2. The number of aromatic amines is 1. The van der Waals surface area contributed by atoms with Gasteiger partial charge in [-0.3, -0.25) is 14.9 Å². The van der Waals surface area contributed by atoms with Gasteiger partial charge in [-0.2, -0.15) is 0 Å². The lowest BCUT2D eigenvalue weighted by Gasteiger charge is -2.25. The highest BCUT2D eigenvalue weighted by Gasteiger charge is 2.26. The molecule has 0 aliphatic carbocycles. The van der Waals surface area contributed by atoms with E-state index in [1.165, 1.54) is 34.7 Å². The highest BCUT2D eigenvalue weighted by molar-refractivity contribution is 5.90. The number of hydrogen-bond acceptors (Lipinski definition) is 4. The monoisotopic (exact) mass is 419 g/mol. The molecule has 1 amide bonds. The molecule has 31 heavy (non-hydrogen) atoms. The van der Waals surface area contributed by atoms with Gasteiger partial charge in [-0.15, -0.1) is 0 Å². The lowest BCUT2D eigenvalue weighted by Crippen LogP contribution is -2.25. The molecule has 3 aromatic rings. The van der Waals surface area contributed by atoms with Gasteiger partial charge in [0.15, 0.2) is 0 Å². The van der Waals surface area contributed by atoms with Gasteiger partial charge in [0.1, 0.15) is 5.75 Å². The van der Waals surface area contributed by atoms with Gasteiger partial charge in [-0.05, 0) is 73.7 Å². The number of methoxy groups -OCH3 is 1. The fraction of sp³-hybridized carbons (Fsp3) is 0.320. The van der Waals surface area contributed by atoms with Crippen LogP contribution in [0, 0.1) is 6.92 Å². The Labute approximate surface area is 182 Å².